The number of nitrogens with zero attached hydrogens (tertiary/aromatic N) is 2. The fourth-order valence-electron chi connectivity index (χ4n) is 2.45. The van der Waals surface area contributed by atoms with Crippen molar-refractivity contribution in [2.75, 3.05) is 0 Å². The van der Waals surface area contributed by atoms with E-state index in [4.69, 9.17) is 0 Å². The lowest BCUT2D eigenvalue weighted by molar-refractivity contribution is -0.142. The first-order chi connectivity index (χ1) is 9.09. The van der Waals surface area contributed by atoms with Gasteiger partial charge < -0.3 is 10.4 Å². The van der Waals surface area contributed by atoms with Gasteiger partial charge in [0.05, 0.1) is 11.6 Å². The second-order valence-corrected chi connectivity index (χ2v) is 5.60. The summed E-state index contributed by atoms with van der Waals surface area (Å²) in [7, 11) is 0. The van der Waals surface area contributed by atoms with Crippen LogP contribution >= 0.6 is 11.5 Å². The van der Waals surface area contributed by atoms with Crippen molar-refractivity contribution in [2.24, 2.45) is 5.92 Å². The maximum absolute atomic E-state index is 12.1. The number of carboxylic acid groups (broad SMARTS) is 1. The van der Waals surface area contributed by atoms with Crippen LogP contribution in [0.4, 0.5) is 0 Å². The van der Waals surface area contributed by atoms with Gasteiger partial charge in [0.1, 0.15) is 4.88 Å². The fraction of sp³-hybridized carbons (Fsp3) is 0.667. The van der Waals surface area contributed by atoms with E-state index in [2.05, 4.69) is 14.9 Å². The van der Waals surface area contributed by atoms with Crippen LogP contribution in [-0.2, 0) is 4.79 Å². The van der Waals surface area contributed by atoms with E-state index in [1.165, 1.54) is 0 Å². The largest absolute Gasteiger partial charge is 0.481 e. The Bertz CT molecular complexity index is 475. The van der Waals surface area contributed by atoms with E-state index in [9.17, 15) is 14.7 Å². The van der Waals surface area contributed by atoms with Gasteiger partial charge in [-0.05, 0) is 31.3 Å². The molecule has 104 valence electrons. The third kappa shape index (κ3) is 3.28. The van der Waals surface area contributed by atoms with E-state index < -0.39 is 11.9 Å². The minimum absolute atomic E-state index is 0.259. The number of nitrogens with one attached hydrogen (secondary N) is 1. The number of carbonyl (C=O) groups excluding carboxylic acids is 1. The summed E-state index contributed by atoms with van der Waals surface area (Å²) in [6.07, 6.45) is 4.23. The number of amides is 1. The van der Waals surface area contributed by atoms with E-state index in [1.807, 2.05) is 0 Å². The van der Waals surface area contributed by atoms with Crippen LogP contribution in [0.2, 0.25) is 0 Å². The third-order valence-electron chi connectivity index (χ3n) is 3.51. The van der Waals surface area contributed by atoms with Gasteiger partial charge in [-0.1, -0.05) is 23.8 Å². The predicted molar refractivity (Wildman–Crippen MR) is 70.1 cm³/mol. The van der Waals surface area contributed by atoms with Gasteiger partial charge in [0, 0.05) is 6.04 Å². The number of aromatic nitrogens is 2. The Balaban J connectivity index is 2.08. The molecule has 1 aliphatic rings. The molecule has 0 bridgehead atoms. The Hall–Kier alpha value is -1.50. The minimum atomic E-state index is -0.827. The highest BCUT2D eigenvalue weighted by Crippen LogP contribution is 2.24. The van der Waals surface area contributed by atoms with E-state index >= 15 is 0 Å². The zero-order valence-corrected chi connectivity index (χ0v) is 11.6. The summed E-state index contributed by atoms with van der Waals surface area (Å²) in [4.78, 5) is 23.8. The van der Waals surface area contributed by atoms with Crippen molar-refractivity contribution in [1.82, 2.24) is 14.9 Å². The molecule has 0 unspecified atom stereocenters. The Labute approximate surface area is 115 Å². The molecule has 7 heteroatoms. The number of carbonyl (C=O) groups is 2. The van der Waals surface area contributed by atoms with Gasteiger partial charge in [-0.2, -0.15) is 0 Å². The summed E-state index contributed by atoms with van der Waals surface area (Å²) in [6, 6.07) is -0.297. The molecule has 1 aromatic rings. The lowest BCUT2D eigenvalue weighted by Gasteiger charge is -2.22. The van der Waals surface area contributed by atoms with E-state index in [0.717, 1.165) is 30.8 Å². The molecule has 0 spiro atoms. The van der Waals surface area contributed by atoms with Crippen LogP contribution in [-0.4, -0.2) is 32.6 Å². The number of hydrogen-bond acceptors (Lipinski definition) is 5. The number of carboxylic acids is 1. The Kier molecular flexibility index (Phi) is 4.47. The number of hydrogen-bond donors (Lipinski definition) is 2. The van der Waals surface area contributed by atoms with Crippen molar-refractivity contribution in [2.45, 2.75) is 45.1 Å². The van der Waals surface area contributed by atoms with Crippen LogP contribution in [0, 0.1) is 12.8 Å². The molecule has 2 N–H and O–H groups in total. The molecular weight excluding hydrogens is 266 g/mol. The first kappa shape index (κ1) is 13.9. The summed E-state index contributed by atoms with van der Waals surface area (Å²) in [5.74, 6) is -1.58. The molecule has 1 saturated carbocycles. The van der Waals surface area contributed by atoms with E-state index in [1.54, 1.807) is 6.92 Å². The van der Waals surface area contributed by atoms with Gasteiger partial charge in [0.15, 0.2) is 0 Å². The molecule has 1 aliphatic carbocycles. The summed E-state index contributed by atoms with van der Waals surface area (Å²) in [6.45, 7) is 1.72. The zero-order valence-electron chi connectivity index (χ0n) is 10.8. The lowest BCUT2D eigenvalue weighted by atomic mass is 9.95. The Morgan fingerprint density at radius 2 is 2.05 bits per heavy atom. The molecule has 0 aromatic carbocycles. The third-order valence-corrected chi connectivity index (χ3v) is 4.33. The molecular formula is C12H17N3O3S. The maximum atomic E-state index is 12.1. The van der Waals surface area contributed by atoms with Crippen LogP contribution in [0.15, 0.2) is 0 Å². The van der Waals surface area contributed by atoms with Crippen LogP contribution in [0.5, 0.6) is 0 Å². The molecule has 1 aromatic heterocycles. The average molecular weight is 283 g/mol. The number of aliphatic carboxylic acids is 1. The average Bonchev–Trinajstić information content (AvgIpc) is 2.65. The summed E-state index contributed by atoms with van der Waals surface area (Å²) in [5.41, 5.74) is 0.586. The molecule has 1 heterocycles. The molecule has 2 atom stereocenters. The molecule has 1 fully saturated rings. The van der Waals surface area contributed by atoms with Gasteiger partial charge in [0.25, 0.3) is 5.91 Å². The molecule has 19 heavy (non-hydrogen) atoms. The second kappa shape index (κ2) is 6.10. The summed E-state index contributed by atoms with van der Waals surface area (Å²) >= 11 is 1.04. The highest BCUT2D eigenvalue weighted by Gasteiger charge is 2.31. The minimum Gasteiger partial charge on any atom is -0.481 e. The van der Waals surface area contributed by atoms with E-state index in [-0.39, 0.29) is 11.9 Å². The highest BCUT2D eigenvalue weighted by molar-refractivity contribution is 7.08. The monoisotopic (exact) mass is 283 g/mol. The number of aryl methyl sites for hydroxylation is 1. The second-order valence-electron chi connectivity index (χ2n) is 4.85. The smallest absolute Gasteiger partial charge is 0.308 e. The van der Waals surface area contributed by atoms with Crippen molar-refractivity contribution >= 4 is 23.4 Å². The predicted octanol–water partition coefficient (Wildman–Crippen LogP) is 1.61. The van der Waals surface area contributed by atoms with Crippen LogP contribution in [0.1, 0.15) is 47.5 Å². The molecule has 0 saturated heterocycles. The van der Waals surface area contributed by atoms with Crippen molar-refractivity contribution in [3.05, 3.63) is 10.6 Å². The van der Waals surface area contributed by atoms with Gasteiger partial charge in [0.2, 0.25) is 0 Å². The van der Waals surface area contributed by atoms with Gasteiger partial charge in [-0.25, -0.2) is 0 Å². The van der Waals surface area contributed by atoms with Crippen LogP contribution in [0.3, 0.4) is 0 Å². The number of rotatable bonds is 3. The van der Waals surface area contributed by atoms with Crippen molar-refractivity contribution in [3.63, 3.8) is 0 Å². The maximum Gasteiger partial charge on any atom is 0.308 e. The molecule has 1 amide bonds. The highest BCUT2D eigenvalue weighted by atomic mass is 32.1. The van der Waals surface area contributed by atoms with Crippen LogP contribution in [0.25, 0.3) is 0 Å². The Morgan fingerprint density at radius 3 is 2.68 bits per heavy atom. The molecule has 6 nitrogen and oxygen atoms in total. The Morgan fingerprint density at radius 1 is 1.32 bits per heavy atom. The van der Waals surface area contributed by atoms with Crippen molar-refractivity contribution in [1.29, 1.82) is 0 Å². The standard InChI is InChI=1S/C12H17N3O3S/c1-7-10(19-15-14-7)11(16)13-9-6-4-2-3-5-8(9)12(17)18/h8-9H,2-6H2,1H3,(H,13,16)(H,17,18)/t8-,9+/m1/s1. The first-order valence-corrected chi connectivity index (χ1v) is 7.19. The molecule has 2 rings (SSSR count). The first-order valence-electron chi connectivity index (χ1n) is 6.42. The van der Waals surface area contributed by atoms with Crippen molar-refractivity contribution < 1.29 is 14.7 Å². The topological polar surface area (TPSA) is 92.2 Å². The summed E-state index contributed by atoms with van der Waals surface area (Å²) in [5, 5.41) is 15.9. The quantitative estimate of drug-likeness (QED) is 0.822. The SMILES string of the molecule is Cc1nnsc1C(=O)N[C@H]1CCCCC[C@H]1C(=O)O. The van der Waals surface area contributed by atoms with Crippen molar-refractivity contribution in [3.8, 4) is 0 Å². The normalized spacial score (nSPS) is 23.6. The fourth-order valence-corrected chi connectivity index (χ4v) is 3.01. The molecule has 0 aliphatic heterocycles. The molecule has 0 radical (unpaired) electrons. The van der Waals surface area contributed by atoms with Gasteiger partial charge in [-0.15, -0.1) is 5.10 Å². The van der Waals surface area contributed by atoms with E-state index in [0.29, 0.717) is 23.4 Å². The van der Waals surface area contributed by atoms with Crippen LogP contribution < -0.4 is 5.32 Å². The zero-order chi connectivity index (χ0) is 13.8. The lowest BCUT2D eigenvalue weighted by Crippen LogP contribution is -2.42. The van der Waals surface area contributed by atoms with Gasteiger partial charge in [-0.3, -0.25) is 9.59 Å². The summed E-state index contributed by atoms with van der Waals surface area (Å²) < 4.78 is 3.72. The van der Waals surface area contributed by atoms with Gasteiger partial charge >= 0.3 is 5.97 Å².